The van der Waals surface area contributed by atoms with Crippen LogP contribution in [-0.2, 0) is 13.6 Å². The number of Topliss-reactive ketones (excluding diaryl/α,β-unsaturated/α-hetero) is 1. The van der Waals surface area contributed by atoms with Gasteiger partial charge in [-0.25, -0.2) is 9.97 Å². The van der Waals surface area contributed by atoms with Crippen LogP contribution in [0.5, 0.6) is 5.75 Å². The predicted octanol–water partition coefficient (Wildman–Crippen LogP) is 3.75. The lowest BCUT2D eigenvalue weighted by molar-refractivity contribution is 0.0988. The molecule has 0 spiro atoms. The molecule has 1 N–H and O–H groups in total. The summed E-state index contributed by atoms with van der Waals surface area (Å²) in [6, 6.07) is 9.59. The molecular weight excluding hydrogens is 482 g/mol. The average molecular weight is 516 g/mol. The Labute approximate surface area is 222 Å². The molecular formula is C27H33N9O2. The normalized spacial score (nSPS) is 13.8. The van der Waals surface area contributed by atoms with Gasteiger partial charge in [-0.3, -0.25) is 14.2 Å². The first-order valence-electron chi connectivity index (χ1n) is 12.6. The number of methoxy groups -OCH3 is 1. The van der Waals surface area contributed by atoms with Crippen molar-refractivity contribution in [1.29, 1.82) is 0 Å². The van der Waals surface area contributed by atoms with Gasteiger partial charge >= 0.3 is 0 Å². The van der Waals surface area contributed by atoms with Gasteiger partial charge in [0.25, 0.3) is 0 Å². The van der Waals surface area contributed by atoms with Crippen molar-refractivity contribution >= 4 is 28.8 Å². The molecule has 5 rings (SSSR count). The number of aryl methyl sites for hydroxylation is 1. The number of nitrogens with zero attached hydrogens (tertiary/aromatic N) is 8. The van der Waals surface area contributed by atoms with E-state index in [1.807, 2.05) is 67.1 Å². The van der Waals surface area contributed by atoms with E-state index in [4.69, 9.17) is 4.74 Å². The molecule has 0 unspecified atom stereocenters. The summed E-state index contributed by atoms with van der Waals surface area (Å²) < 4.78 is 9.44. The molecule has 0 atom stereocenters. The van der Waals surface area contributed by atoms with E-state index in [0.29, 0.717) is 46.8 Å². The Bertz CT molecular complexity index is 1440. The zero-order chi connectivity index (χ0) is 26.8. The first kappa shape index (κ1) is 25.4. The molecule has 1 aliphatic rings. The number of carbonyl (C=O) groups is 1. The van der Waals surface area contributed by atoms with E-state index in [9.17, 15) is 4.79 Å². The minimum atomic E-state index is 0.00200. The fourth-order valence-corrected chi connectivity index (χ4v) is 4.84. The van der Waals surface area contributed by atoms with E-state index in [1.54, 1.807) is 24.3 Å². The van der Waals surface area contributed by atoms with Crippen LogP contribution in [0.4, 0.5) is 23.0 Å². The third-order valence-corrected chi connectivity index (χ3v) is 6.75. The maximum atomic E-state index is 12.9. The third-order valence-electron chi connectivity index (χ3n) is 6.75. The first-order valence-corrected chi connectivity index (χ1v) is 12.6. The minimum Gasteiger partial charge on any atom is -0.494 e. The Kier molecular flexibility index (Phi) is 7.10. The van der Waals surface area contributed by atoms with Crippen LogP contribution in [-0.4, -0.2) is 74.5 Å². The molecule has 1 fully saturated rings. The van der Waals surface area contributed by atoms with Crippen LogP contribution in [0.3, 0.4) is 0 Å². The van der Waals surface area contributed by atoms with Crippen molar-refractivity contribution in [3.63, 3.8) is 0 Å². The lowest BCUT2D eigenvalue weighted by Crippen LogP contribution is -2.45. The molecule has 0 saturated carbocycles. The second-order valence-corrected chi connectivity index (χ2v) is 9.66. The Morgan fingerprint density at radius 1 is 1.13 bits per heavy atom. The van der Waals surface area contributed by atoms with E-state index in [0.717, 1.165) is 30.9 Å². The van der Waals surface area contributed by atoms with Gasteiger partial charge in [-0.15, -0.1) is 0 Å². The molecule has 1 saturated heterocycles. The van der Waals surface area contributed by atoms with Crippen LogP contribution in [0.1, 0.15) is 23.7 Å². The number of para-hydroxylation sites is 1. The number of benzene rings is 1. The lowest BCUT2D eigenvalue weighted by atomic mass is 10.0. The second-order valence-electron chi connectivity index (χ2n) is 9.66. The van der Waals surface area contributed by atoms with E-state index in [1.165, 1.54) is 0 Å². The van der Waals surface area contributed by atoms with Gasteiger partial charge in [-0.05, 0) is 19.2 Å². The average Bonchev–Trinajstić information content (AvgIpc) is 3.54. The fraction of sp³-hybridized carbons (Fsp3) is 0.370. The number of hydrogen-bond donors (Lipinski definition) is 1. The van der Waals surface area contributed by atoms with Crippen molar-refractivity contribution in [2.75, 3.05) is 44.5 Å². The van der Waals surface area contributed by atoms with Crippen molar-refractivity contribution in [3.05, 3.63) is 54.6 Å². The molecule has 38 heavy (non-hydrogen) atoms. The number of aromatic nitrogens is 6. The number of hydrogen-bond acceptors (Lipinski definition) is 9. The van der Waals surface area contributed by atoms with Gasteiger partial charge in [-0.2, -0.15) is 10.2 Å². The summed E-state index contributed by atoms with van der Waals surface area (Å²) in [5, 5.41) is 12.4. The van der Waals surface area contributed by atoms with Crippen LogP contribution in [0.25, 0.3) is 11.4 Å². The van der Waals surface area contributed by atoms with Crippen LogP contribution in [0.15, 0.2) is 49.1 Å². The summed E-state index contributed by atoms with van der Waals surface area (Å²) in [5.74, 6) is 3.09. The highest BCUT2D eigenvalue weighted by molar-refractivity contribution is 6.02. The Morgan fingerprint density at radius 2 is 1.95 bits per heavy atom. The van der Waals surface area contributed by atoms with Crippen molar-refractivity contribution in [3.8, 4) is 17.1 Å². The first-order chi connectivity index (χ1) is 18.4. The summed E-state index contributed by atoms with van der Waals surface area (Å²) in [6.45, 7) is 4.92. The highest BCUT2D eigenvalue weighted by Crippen LogP contribution is 2.40. The zero-order valence-electron chi connectivity index (χ0n) is 22.4. The van der Waals surface area contributed by atoms with Gasteiger partial charge in [0.05, 0.1) is 29.6 Å². The van der Waals surface area contributed by atoms with Gasteiger partial charge in [0.1, 0.15) is 12.1 Å². The molecule has 4 aromatic rings. The summed E-state index contributed by atoms with van der Waals surface area (Å²) in [7, 11) is 7.47. The van der Waals surface area contributed by atoms with Gasteiger partial charge < -0.3 is 19.9 Å². The van der Waals surface area contributed by atoms with Crippen LogP contribution in [0, 0.1) is 5.92 Å². The van der Waals surface area contributed by atoms with Gasteiger partial charge in [0, 0.05) is 70.6 Å². The van der Waals surface area contributed by atoms with Crippen LogP contribution in [0.2, 0.25) is 0 Å². The molecule has 0 aliphatic carbocycles. The fourth-order valence-electron chi connectivity index (χ4n) is 4.84. The monoisotopic (exact) mass is 515 g/mol. The molecule has 11 heteroatoms. The molecule has 1 aliphatic heterocycles. The summed E-state index contributed by atoms with van der Waals surface area (Å²) in [6.07, 6.45) is 5.61. The molecule has 1 aromatic carbocycles. The number of ketones is 1. The maximum absolute atomic E-state index is 12.9. The summed E-state index contributed by atoms with van der Waals surface area (Å²) in [5.41, 5.74) is 2.77. The molecule has 4 heterocycles. The summed E-state index contributed by atoms with van der Waals surface area (Å²) in [4.78, 5) is 26.0. The van der Waals surface area contributed by atoms with E-state index >= 15 is 0 Å². The van der Waals surface area contributed by atoms with Gasteiger partial charge in [-0.1, -0.05) is 13.0 Å². The van der Waals surface area contributed by atoms with Crippen molar-refractivity contribution in [1.82, 2.24) is 34.4 Å². The number of pyridine rings is 1. The van der Waals surface area contributed by atoms with E-state index in [2.05, 4.69) is 37.4 Å². The SMILES string of the molecule is CCC(=O)c1cnc(Nc2ccn(CC3CN(C)C3)n2)cc1N(C)c1cccc(-c2ncn(C)n2)c1OC. The third kappa shape index (κ3) is 5.10. The van der Waals surface area contributed by atoms with Gasteiger partial charge in [0.2, 0.25) is 0 Å². The largest absolute Gasteiger partial charge is 0.494 e. The van der Waals surface area contributed by atoms with E-state index < -0.39 is 0 Å². The molecule has 198 valence electrons. The standard InChI is InChI=1S/C27H33N9O2/c1-6-23(37)20-13-28-25(30-24-10-11-36(31-24)16-18-14-33(2)15-18)12-22(20)35(4)21-9-7-8-19(26(21)38-5)27-29-17-34(3)32-27/h7-13,17-18H,6,14-16H2,1-5H3,(H,28,30,31). The second kappa shape index (κ2) is 10.6. The zero-order valence-corrected chi connectivity index (χ0v) is 22.4. The Morgan fingerprint density at radius 3 is 2.63 bits per heavy atom. The van der Waals surface area contributed by atoms with Gasteiger partial charge in [0.15, 0.2) is 23.2 Å². The highest BCUT2D eigenvalue weighted by atomic mass is 16.5. The number of anilines is 4. The van der Waals surface area contributed by atoms with Crippen LogP contribution >= 0.6 is 0 Å². The molecule has 3 aromatic heterocycles. The Hall–Kier alpha value is -4.25. The number of likely N-dealkylation sites (tertiary alicyclic amines) is 1. The smallest absolute Gasteiger partial charge is 0.184 e. The molecule has 0 radical (unpaired) electrons. The number of ether oxygens (including phenoxy) is 1. The van der Waals surface area contributed by atoms with Crippen molar-refractivity contribution in [2.45, 2.75) is 19.9 Å². The number of nitrogens with one attached hydrogen (secondary N) is 1. The van der Waals surface area contributed by atoms with Crippen molar-refractivity contribution in [2.24, 2.45) is 13.0 Å². The quantitative estimate of drug-likeness (QED) is 0.316. The maximum Gasteiger partial charge on any atom is 0.184 e. The number of carbonyl (C=O) groups excluding carboxylic acids is 1. The predicted molar refractivity (Wildman–Crippen MR) is 146 cm³/mol. The molecule has 0 amide bonds. The Balaban J connectivity index is 1.46. The molecule has 0 bridgehead atoms. The number of rotatable bonds is 10. The minimum absolute atomic E-state index is 0.00200. The van der Waals surface area contributed by atoms with E-state index in [-0.39, 0.29) is 5.78 Å². The van der Waals surface area contributed by atoms with Crippen molar-refractivity contribution < 1.29 is 9.53 Å². The topological polar surface area (TPSA) is 106 Å². The van der Waals surface area contributed by atoms with Crippen LogP contribution < -0.4 is 15.0 Å². The lowest BCUT2D eigenvalue weighted by Gasteiger charge is -2.35. The molecule has 11 nitrogen and oxygen atoms in total. The highest BCUT2D eigenvalue weighted by Gasteiger charge is 2.24. The summed E-state index contributed by atoms with van der Waals surface area (Å²) >= 11 is 0.